The van der Waals surface area contributed by atoms with E-state index in [-0.39, 0.29) is 5.91 Å². The largest absolute Gasteiger partial charge is 0.381 e. The highest BCUT2D eigenvalue weighted by Gasteiger charge is 2.41. The highest BCUT2D eigenvalue weighted by Crippen LogP contribution is 2.36. The lowest BCUT2D eigenvalue weighted by Crippen LogP contribution is -2.44. The Labute approximate surface area is 152 Å². The van der Waals surface area contributed by atoms with Crippen molar-refractivity contribution in [2.75, 3.05) is 18.5 Å². The van der Waals surface area contributed by atoms with E-state index in [0.717, 1.165) is 20.2 Å². The van der Waals surface area contributed by atoms with E-state index in [2.05, 4.69) is 37.2 Å². The third kappa shape index (κ3) is 3.67. The minimum Gasteiger partial charge on any atom is -0.381 e. The molecule has 3 nitrogen and oxygen atoms in total. The number of rotatable bonds is 3. The zero-order chi connectivity index (χ0) is 16.3. The van der Waals surface area contributed by atoms with E-state index in [1.807, 2.05) is 48.5 Å². The van der Waals surface area contributed by atoms with Crippen LogP contribution in [0.4, 0.5) is 5.69 Å². The highest BCUT2D eigenvalue weighted by molar-refractivity contribution is 9.10. The number of carbonyl (C=O) groups excluding carboxylic acids is 1. The molecule has 5 heteroatoms. The topological polar surface area (TPSA) is 38.3 Å². The fourth-order valence-electron chi connectivity index (χ4n) is 2.95. The van der Waals surface area contributed by atoms with Gasteiger partial charge in [-0.25, -0.2) is 0 Å². The van der Waals surface area contributed by atoms with Crippen LogP contribution in [-0.4, -0.2) is 19.1 Å². The monoisotopic (exact) mass is 437 g/mol. The summed E-state index contributed by atoms with van der Waals surface area (Å²) in [6.45, 7) is 1.20. The summed E-state index contributed by atoms with van der Waals surface area (Å²) >= 11 is 6.89. The Morgan fingerprint density at radius 3 is 2.35 bits per heavy atom. The molecule has 1 aliphatic rings. The zero-order valence-corrected chi connectivity index (χ0v) is 15.7. The lowest BCUT2D eigenvalue weighted by Gasteiger charge is -2.36. The van der Waals surface area contributed by atoms with Gasteiger partial charge in [0.1, 0.15) is 0 Å². The molecule has 120 valence electrons. The number of carbonyl (C=O) groups is 1. The molecule has 1 fully saturated rings. The molecule has 3 rings (SSSR count). The van der Waals surface area contributed by atoms with Crippen molar-refractivity contribution in [1.29, 1.82) is 0 Å². The van der Waals surface area contributed by atoms with Crippen LogP contribution >= 0.6 is 31.9 Å². The van der Waals surface area contributed by atoms with Crippen LogP contribution in [-0.2, 0) is 14.9 Å². The predicted octanol–water partition coefficient (Wildman–Crippen LogP) is 4.90. The van der Waals surface area contributed by atoms with Gasteiger partial charge in [-0.05, 0) is 48.7 Å². The first-order valence-corrected chi connectivity index (χ1v) is 9.10. The van der Waals surface area contributed by atoms with Gasteiger partial charge in [0.2, 0.25) is 5.91 Å². The number of nitrogens with one attached hydrogen (secondary N) is 1. The standard InChI is InChI=1S/C18H17Br2NO2/c19-14-6-4-13(5-7-14)18(8-10-23-11-9-18)17(22)21-16-3-1-2-15(20)12-16/h1-7,12H,8-11H2,(H,21,22). The van der Waals surface area contributed by atoms with Gasteiger partial charge >= 0.3 is 0 Å². The fourth-order valence-corrected chi connectivity index (χ4v) is 3.62. The third-order valence-corrected chi connectivity index (χ3v) is 5.28. The van der Waals surface area contributed by atoms with Crippen LogP contribution in [0.5, 0.6) is 0 Å². The zero-order valence-electron chi connectivity index (χ0n) is 12.5. The van der Waals surface area contributed by atoms with Gasteiger partial charge in [-0.15, -0.1) is 0 Å². The van der Waals surface area contributed by atoms with E-state index in [1.54, 1.807) is 0 Å². The number of hydrogen-bond acceptors (Lipinski definition) is 2. The second-order valence-corrected chi connectivity index (χ2v) is 7.50. The average molecular weight is 439 g/mol. The normalized spacial score (nSPS) is 16.8. The molecule has 1 aliphatic heterocycles. The van der Waals surface area contributed by atoms with E-state index in [4.69, 9.17) is 4.74 Å². The molecule has 0 aromatic heterocycles. The number of ether oxygens (including phenoxy) is 1. The van der Waals surface area contributed by atoms with Crippen molar-refractivity contribution in [2.45, 2.75) is 18.3 Å². The summed E-state index contributed by atoms with van der Waals surface area (Å²) < 4.78 is 7.45. The predicted molar refractivity (Wildman–Crippen MR) is 98.6 cm³/mol. The number of benzene rings is 2. The molecular weight excluding hydrogens is 422 g/mol. The van der Waals surface area contributed by atoms with E-state index < -0.39 is 5.41 Å². The Morgan fingerprint density at radius 1 is 1.00 bits per heavy atom. The summed E-state index contributed by atoms with van der Waals surface area (Å²) in [5.41, 5.74) is 1.30. The van der Waals surface area contributed by atoms with Crippen LogP contribution in [0.25, 0.3) is 0 Å². The molecule has 1 amide bonds. The lowest BCUT2D eigenvalue weighted by molar-refractivity contribution is -0.125. The molecule has 23 heavy (non-hydrogen) atoms. The van der Waals surface area contributed by atoms with E-state index in [1.165, 1.54) is 0 Å². The quantitative estimate of drug-likeness (QED) is 0.740. The van der Waals surface area contributed by atoms with E-state index >= 15 is 0 Å². The Morgan fingerprint density at radius 2 is 1.70 bits per heavy atom. The smallest absolute Gasteiger partial charge is 0.235 e. The maximum Gasteiger partial charge on any atom is 0.235 e. The fraction of sp³-hybridized carbons (Fsp3) is 0.278. The van der Waals surface area contributed by atoms with Crippen molar-refractivity contribution in [3.05, 3.63) is 63.0 Å². The molecule has 1 N–H and O–H groups in total. The number of hydrogen-bond donors (Lipinski definition) is 1. The maximum absolute atomic E-state index is 13.1. The number of anilines is 1. The van der Waals surface area contributed by atoms with Crippen molar-refractivity contribution in [3.8, 4) is 0 Å². The summed E-state index contributed by atoms with van der Waals surface area (Å²) in [5, 5.41) is 3.07. The summed E-state index contributed by atoms with van der Waals surface area (Å²) in [4.78, 5) is 13.1. The van der Waals surface area contributed by atoms with Gasteiger partial charge in [-0.1, -0.05) is 50.1 Å². The van der Waals surface area contributed by atoms with Gasteiger partial charge in [0.25, 0.3) is 0 Å². The van der Waals surface area contributed by atoms with Crippen LogP contribution in [0.3, 0.4) is 0 Å². The van der Waals surface area contributed by atoms with E-state index in [0.29, 0.717) is 26.1 Å². The first-order chi connectivity index (χ1) is 11.1. The number of amides is 1. The van der Waals surface area contributed by atoms with Gasteiger partial charge < -0.3 is 10.1 Å². The van der Waals surface area contributed by atoms with Crippen LogP contribution in [0.1, 0.15) is 18.4 Å². The van der Waals surface area contributed by atoms with Crippen molar-refractivity contribution < 1.29 is 9.53 Å². The van der Waals surface area contributed by atoms with Crippen molar-refractivity contribution in [1.82, 2.24) is 0 Å². The molecule has 0 spiro atoms. The highest BCUT2D eigenvalue weighted by atomic mass is 79.9. The van der Waals surface area contributed by atoms with Crippen LogP contribution in [0.15, 0.2) is 57.5 Å². The summed E-state index contributed by atoms with van der Waals surface area (Å²) in [5.74, 6) is 0.0289. The summed E-state index contributed by atoms with van der Waals surface area (Å²) in [7, 11) is 0. The Bertz CT molecular complexity index is 694. The SMILES string of the molecule is O=C(Nc1cccc(Br)c1)C1(c2ccc(Br)cc2)CCOCC1. The van der Waals surface area contributed by atoms with E-state index in [9.17, 15) is 4.79 Å². The first kappa shape index (κ1) is 16.7. The van der Waals surface area contributed by atoms with Crippen LogP contribution in [0.2, 0.25) is 0 Å². The molecule has 0 bridgehead atoms. The van der Waals surface area contributed by atoms with Crippen molar-refractivity contribution in [3.63, 3.8) is 0 Å². The summed E-state index contributed by atoms with van der Waals surface area (Å²) in [6.07, 6.45) is 1.38. The minimum atomic E-state index is -0.540. The van der Waals surface area contributed by atoms with Gasteiger partial charge in [0.15, 0.2) is 0 Å². The molecule has 2 aromatic carbocycles. The molecule has 1 saturated heterocycles. The Hall–Kier alpha value is -1.17. The Balaban J connectivity index is 1.92. The molecule has 2 aromatic rings. The first-order valence-electron chi connectivity index (χ1n) is 7.51. The molecule has 1 heterocycles. The minimum absolute atomic E-state index is 0.0289. The van der Waals surface area contributed by atoms with Gasteiger partial charge in [0.05, 0.1) is 5.41 Å². The number of halogens is 2. The summed E-state index contributed by atoms with van der Waals surface area (Å²) in [6, 6.07) is 15.7. The molecule has 0 saturated carbocycles. The molecule has 0 aliphatic carbocycles. The van der Waals surface area contributed by atoms with Gasteiger partial charge in [-0.3, -0.25) is 4.79 Å². The second-order valence-electron chi connectivity index (χ2n) is 5.67. The molecule has 0 unspecified atom stereocenters. The van der Waals surface area contributed by atoms with Crippen molar-refractivity contribution >= 4 is 43.5 Å². The molecule has 0 atom stereocenters. The van der Waals surface area contributed by atoms with Gasteiger partial charge in [-0.2, -0.15) is 0 Å². The lowest BCUT2D eigenvalue weighted by atomic mass is 9.73. The average Bonchev–Trinajstić information content (AvgIpc) is 2.56. The molecule has 0 radical (unpaired) electrons. The van der Waals surface area contributed by atoms with Crippen molar-refractivity contribution in [2.24, 2.45) is 0 Å². The Kier molecular flexibility index (Phi) is 5.19. The second kappa shape index (κ2) is 7.16. The van der Waals surface area contributed by atoms with Crippen LogP contribution < -0.4 is 5.32 Å². The third-order valence-electron chi connectivity index (χ3n) is 4.26. The van der Waals surface area contributed by atoms with Gasteiger partial charge in [0, 0.05) is 27.8 Å². The maximum atomic E-state index is 13.1. The molecular formula is C18H17Br2NO2. The van der Waals surface area contributed by atoms with Crippen LogP contribution in [0, 0.1) is 0 Å².